The van der Waals surface area contributed by atoms with Crippen LogP contribution in [0.3, 0.4) is 0 Å². The molecule has 0 radical (unpaired) electrons. The molecule has 1 aliphatic rings. The van der Waals surface area contributed by atoms with Crippen molar-refractivity contribution >= 4 is 17.5 Å². The number of para-hydroxylation sites is 1. The largest absolute Gasteiger partial charge is 0.386 e. The first kappa shape index (κ1) is 15.5. The molecule has 0 aromatic heterocycles. The molecule has 1 aromatic rings. The Hall–Kier alpha value is -1.92. The van der Waals surface area contributed by atoms with Gasteiger partial charge in [0, 0.05) is 33.5 Å². The molecule has 1 fully saturated rings. The second-order valence-corrected chi connectivity index (χ2v) is 5.30. The molecule has 114 valence electrons. The van der Waals surface area contributed by atoms with E-state index in [-0.39, 0.29) is 25.0 Å². The molecule has 0 saturated carbocycles. The highest BCUT2D eigenvalue weighted by Crippen LogP contribution is 2.20. The Balaban J connectivity index is 2.10. The van der Waals surface area contributed by atoms with Crippen molar-refractivity contribution in [2.24, 2.45) is 0 Å². The zero-order chi connectivity index (χ0) is 15.5. The predicted molar refractivity (Wildman–Crippen MR) is 78.2 cm³/mol. The molecule has 1 aromatic carbocycles. The Bertz CT molecular complexity index is 538. The summed E-state index contributed by atoms with van der Waals surface area (Å²) in [4.78, 5) is 25.2. The highest BCUT2D eigenvalue weighted by atomic mass is 16.5. The summed E-state index contributed by atoms with van der Waals surface area (Å²) in [5.41, 5.74) is -0.0632. The maximum Gasteiger partial charge on any atom is 0.253 e. The van der Waals surface area contributed by atoms with E-state index in [0.29, 0.717) is 24.3 Å². The topological polar surface area (TPSA) is 78.9 Å². The summed E-state index contributed by atoms with van der Waals surface area (Å²) in [6.07, 6.45) is 0.502. The smallest absolute Gasteiger partial charge is 0.253 e. The molecule has 1 aliphatic heterocycles. The average Bonchev–Trinajstić information content (AvgIpc) is 2.91. The summed E-state index contributed by atoms with van der Waals surface area (Å²) in [5, 5.41) is 12.9. The van der Waals surface area contributed by atoms with Crippen molar-refractivity contribution in [2.75, 3.05) is 31.7 Å². The van der Waals surface area contributed by atoms with Gasteiger partial charge in [-0.1, -0.05) is 12.1 Å². The number of hydrogen-bond acceptors (Lipinski definition) is 4. The Labute approximate surface area is 123 Å². The quantitative estimate of drug-likeness (QED) is 0.849. The third kappa shape index (κ3) is 3.59. The molecular weight excluding hydrogens is 272 g/mol. The number of benzene rings is 1. The summed E-state index contributed by atoms with van der Waals surface area (Å²) in [6.45, 7) is 2.29. The van der Waals surface area contributed by atoms with Crippen LogP contribution in [-0.2, 0) is 9.53 Å². The van der Waals surface area contributed by atoms with Crippen molar-refractivity contribution in [3.63, 3.8) is 0 Å². The van der Waals surface area contributed by atoms with Crippen molar-refractivity contribution in [1.82, 2.24) is 5.32 Å². The van der Waals surface area contributed by atoms with Gasteiger partial charge in [-0.15, -0.1) is 0 Å². The summed E-state index contributed by atoms with van der Waals surface area (Å²) < 4.78 is 5.14. The van der Waals surface area contributed by atoms with Crippen LogP contribution in [0.5, 0.6) is 0 Å². The summed E-state index contributed by atoms with van der Waals surface area (Å²) in [6, 6.07) is 6.87. The number of nitrogens with zero attached hydrogens (tertiary/aromatic N) is 1. The molecule has 0 aliphatic carbocycles. The van der Waals surface area contributed by atoms with Crippen LogP contribution in [0.15, 0.2) is 24.3 Å². The lowest BCUT2D eigenvalue weighted by Crippen LogP contribution is -2.43. The number of amides is 2. The molecule has 1 saturated heterocycles. The van der Waals surface area contributed by atoms with Crippen LogP contribution in [0.2, 0.25) is 0 Å². The summed E-state index contributed by atoms with van der Waals surface area (Å²) in [5.74, 6) is -0.475. The van der Waals surface area contributed by atoms with E-state index < -0.39 is 5.60 Å². The lowest BCUT2D eigenvalue weighted by molar-refractivity contribution is -0.116. The van der Waals surface area contributed by atoms with Gasteiger partial charge in [0.2, 0.25) is 5.91 Å². The molecule has 6 nitrogen and oxygen atoms in total. The molecular formula is C15H20N2O4. The minimum Gasteiger partial charge on any atom is -0.386 e. The minimum absolute atomic E-state index is 0.129. The number of nitrogens with one attached hydrogen (secondary N) is 1. The molecule has 6 heteroatoms. The van der Waals surface area contributed by atoms with Gasteiger partial charge in [0.15, 0.2) is 0 Å². The van der Waals surface area contributed by atoms with Crippen LogP contribution in [-0.4, -0.2) is 49.3 Å². The molecule has 1 unspecified atom stereocenters. The first-order valence-corrected chi connectivity index (χ1v) is 6.85. The fraction of sp³-hybridized carbons (Fsp3) is 0.467. The van der Waals surface area contributed by atoms with Gasteiger partial charge in [0.25, 0.3) is 5.91 Å². The van der Waals surface area contributed by atoms with E-state index in [2.05, 4.69) is 5.32 Å². The van der Waals surface area contributed by atoms with Crippen LogP contribution in [0.25, 0.3) is 0 Å². The highest BCUT2D eigenvalue weighted by molar-refractivity contribution is 6.04. The van der Waals surface area contributed by atoms with Gasteiger partial charge >= 0.3 is 0 Å². The number of aliphatic hydroxyl groups is 1. The molecule has 0 spiro atoms. The zero-order valence-electron chi connectivity index (χ0n) is 12.3. The molecule has 21 heavy (non-hydrogen) atoms. The number of ether oxygens (including phenoxy) is 1. The van der Waals surface area contributed by atoms with Gasteiger partial charge in [-0.25, -0.2) is 0 Å². The predicted octanol–water partition coefficient (Wildman–Crippen LogP) is 0.550. The van der Waals surface area contributed by atoms with Gasteiger partial charge in [-0.3, -0.25) is 9.59 Å². The molecule has 1 heterocycles. The van der Waals surface area contributed by atoms with E-state index in [1.54, 1.807) is 31.3 Å². The maximum absolute atomic E-state index is 12.3. The normalized spacial score (nSPS) is 21.1. The maximum atomic E-state index is 12.3. The van der Waals surface area contributed by atoms with Gasteiger partial charge in [0.1, 0.15) is 5.60 Å². The minimum atomic E-state index is -1.00. The summed E-state index contributed by atoms with van der Waals surface area (Å²) >= 11 is 0. The first-order chi connectivity index (χ1) is 9.93. The Morgan fingerprint density at radius 2 is 2.14 bits per heavy atom. The molecule has 2 rings (SSSR count). The highest BCUT2D eigenvalue weighted by Gasteiger charge is 2.32. The zero-order valence-corrected chi connectivity index (χ0v) is 12.3. The van der Waals surface area contributed by atoms with Crippen LogP contribution in [0, 0.1) is 0 Å². The second-order valence-electron chi connectivity index (χ2n) is 5.30. The number of anilines is 1. The third-order valence-electron chi connectivity index (χ3n) is 3.64. The van der Waals surface area contributed by atoms with Gasteiger partial charge in [-0.05, 0) is 12.1 Å². The molecule has 2 N–H and O–H groups in total. The van der Waals surface area contributed by atoms with E-state index in [1.807, 2.05) is 0 Å². The second kappa shape index (κ2) is 6.24. The van der Waals surface area contributed by atoms with Crippen LogP contribution < -0.4 is 10.2 Å². The van der Waals surface area contributed by atoms with E-state index in [0.717, 1.165) is 0 Å². The van der Waals surface area contributed by atoms with Crippen LogP contribution in [0.4, 0.5) is 5.69 Å². The SMILES string of the molecule is CC(=O)N(C)c1ccccc1C(=O)NCC1(O)CCOC1. The number of hydrogen-bond donors (Lipinski definition) is 2. The van der Waals surface area contributed by atoms with Crippen LogP contribution in [0.1, 0.15) is 23.7 Å². The first-order valence-electron chi connectivity index (χ1n) is 6.85. The van der Waals surface area contributed by atoms with E-state index in [9.17, 15) is 14.7 Å². The van der Waals surface area contributed by atoms with E-state index in [1.165, 1.54) is 11.8 Å². The van der Waals surface area contributed by atoms with E-state index in [4.69, 9.17) is 4.74 Å². The number of carbonyl (C=O) groups excluding carboxylic acids is 2. The standard InChI is InChI=1S/C15H20N2O4/c1-11(18)17(2)13-6-4-3-5-12(13)14(19)16-9-15(20)7-8-21-10-15/h3-6,20H,7-10H2,1-2H3,(H,16,19). The van der Waals surface area contributed by atoms with Gasteiger partial charge in [0.05, 0.1) is 17.9 Å². The Kier molecular flexibility index (Phi) is 4.59. The van der Waals surface area contributed by atoms with Crippen molar-refractivity contribution in [1.29, 1.82) is 0 Å². The number of rotatable bonds is 4. The van der Waals surface area contributed by atoms with Crippen molar-refractivity contribution < 1.29 is 19.4 Å². The summed E-state index contributed by atoms with van der Waals surface area (Å²) in [7, 11) is 1.62. The van der Waals surface area contributed by atoms with Gasteiger partial charge < -0.3 is 20.1 Å². The fourth-order valence-corrected chi connectivity index (χ4v) is 2.20. The monoisotopic (exact) mass is 292 g/mol. The lowest BCUT2D eigenvalue weighted by Gasteiger charge is -2.22. The lowest BCUT2D eigenvalue weighted by atomic mass is 10.0. The van der Waals surface area contributed by atoms with E-state index >= 15 is 0 Å². The molecule has 0 bridgehead atoms. The van der Waals surface area contributed by atoms with Crippen molar-refractivity contribution in [2.45, 2.75) is 18.9 Å². The Morgan fingerprint density at radius 1 is 1.43 bits per heavy atom. The molecule has 2 amide bonds. The van der Waals surface area contributed by atoms with Crippen LogP contribution >= 0.6 is 0 Å². The average molecular weight is 292 g/mol. The molecule has 1 atom stereocenters. The fourth-order valence-electron chi connectivity index (χ4n) is 2.20. The van der Waals surface area contributed by atoms with Crippen molar-refractivity contribution in [3.05, 3.63) is 29.8 Å². The third-order valence-corrected chi connectivity index (χ3v) is 3.64. The van der Waals surface area contributed by atoms with Gasteiger partial charge in [-0.2, -0.15) is 0 Å². The Morgan fingerprint density at radius 3 is 2.76 bits per heavy atom. The van der Waals surface area contributed by atoms with Crippen molar-refractivity contribution in [3.8, 4) is 0 Å². The number of carbonyl (C=O) groups is 2.